The minimum absolute atomic E-state index is 1.21. The van der Waals surface area contributed by atoms with Gasteiger partial charge in [-0.3, -0.25) is 9.97 Å². The van der Waals surface area contributed by atoms with Crippen LogP contribution in [0.5, 0.6) is 0 Å². The minimum atomic E-state index is 1.21. The Balaban J connectivity index is 0.000000169. The molecule has 0 amide bonds. The van der Waals surface area contributed by atoms with Gasteiger partial charge in [-0.1, -0.05) is 36.4 Å². The molecule has 3 aromatic rings. The van der Waals surface area contributed by atoms with Crippen LogP contribution in [0.15, 0.2) is 85.5 Å². The molecule has 0 bridgehead atoms. The zero-order valence-corrected chi connectivity index (χ0v) is 9.98. The first-order valence-electron chi connectivity index (χ1n) is 5.77. The van der Waals surface area contributed by atoms with Gasteiger partial charge < -0.3 is 0 Å². The summed E-state index contributed by atoms with van der Waals surface area (Å²) in [6, 6.07) is 20.0. The summed E-state index contributed by atoms with van der Waals surface area (Å²) in [6.07, 6.45) is 7.12. The van der Waals surface area contributed by atoms with Crippen LogP contribution in [-0.4, -0.2) is 9.97 Å². The Kier molecular flexibility index (Phi) is 4.64. The number of hydrogen-bond acceptors (Lipinski definition) is 2. The fourth-order valence-electron chi connectivity index (χ4n) is 1.49. The fourth-order valence-corrected chi connectivity index (χ4v) is 1.49. The van der Waals surface area contributed by atoms with Crippen molar-refractivity contribution in [2.45, 2.75) is 0 Å². The van der Waals surface area contributed by atoms with Crippen molar-refractivity contribution in [3.8, 4) is 11.1 Å². The molecule has 0 aliphatic heterocycles. The van der Waals surface area contributed by atoms with Gasteiger partial charge in [0.2, 0.25) is 0 Å². The smallest absolute Gasteiger partial charge is 0.0273 e. The molecule has 2 heterocycles. The summed E-state index contributed by atoms with van der Waals surface area (Å²) in [6.45, 7) is 0. The first kappa shape index (κ1) is 12.0. The number of aromatic nitrogens is 2. The first-order valence-corrected chi connectivity index (χ1v) is 5.77. The molecule has 3 rings (SSSR count). The molecule has 0 fully saturated rings. The van der Waals surface area contributed by atoms with Crippen LogP contribution in [0.3, 0.4) is 0 Å². The third kappa shape index (κ3) is 3.83. The summed E-state index contributed by atoms with van der Waals surface area (Å²) >= 11 is 0. The lowest BCUT2D eigenvalue weighted by molar-refractivity contribution is 1.33. The Morgan fingerprint density at radius 3 is 1.44 bits per heavy atom. The molecule has 0 saturated heterocycles. The Hall–Kier alpha value is -2.48. The standard InChI is InChI=1S/C11H9N.C5H5N/c1-2-4-10(5-3-1)11-6-8-12-9-7-11;1-2-4-6-5-3-1/h1-9H;1-5H. The Labute approximate surface area is 107 Å². The van der Waals surface area contributed by atoms with Gasteiger partial charge in [0.15, 0.2) is 0 Å². The van der Waals surface area contributed by atoms with Crippen LogP contribution in [0.25, 0.3) is 11.1 Å². The molecule has 1 aromatic carbocycles. The topological polar surface area (TPSA) is 25.8 Å². The van der Waals surface area contributed by atoms with Crippen LogP contribution in [0.1, 0.15) is 0 Å². The molecule has 0 spiro atoms. The third-order valence-corrected chi connectivity index (χ3v) is 2.35. The van der Waals surface area contributed by atoms with Gasteiger partial charge in [-0.2, -0.15) is 0 Å². The highest BCUT2D eigenvalue weighted by molar-refractivity contribution is 5.62. The lowest BCUT2D eigenvalue weighted by Gasteiger charge is -1.98. The van der Waals surface area contributed by atoms with Crippen LogP contribution in [0, 0.1) is 0 Å². The van der Waals surface area contributed by atoms with Crippen molar-refractivity contribution >= 4 is 0 Å². The summed E-state index contributed by atoms with van der Waals surface area (Å²) in [4.78, 5) is 7.76. The zero-order chi connectivity index (χ0) is 12.5. The quantitative estimate of drug-likeness (QED) is 0.639. The predicted molar refractivity (Wildman–Crippen MR) is 73.9 cm³/mol. The Morgan fingerprint density at radius 2 is 0.944 bits per heavy atom. The monoisotopic (exact) mass is 234 g/mol. The molecule has 0 unspecified atom stereocenters. The van der Waals surface area contributed by atoms with E-state index in [0.717, 1.165) is 0 Å². The van der Waals surface area contributed by atoms with Crippen molar-refractivity contribution in [1.29, 1.82) is 0 Å². The van der Waals surface area contributed by atoms with Gasteiger partial charge in [0.25, 0.3) is 0 Å². The van der Waals surface area contributed by atoms with Crippen molar-refractivity contribution in [2.24, 2.45) is 0 Å². The molecule has 0 radical (unpaired) electrons. The minimum Gasteiger partial charge on any atom is -0.265 e. The molecule has 2 nitrogen and oxygen atoms in total. The van der Waals surface area contributed by atoms with Gasteiger partial charge >= 0.3 is 0 Å². The van der Waals surface area contributed by atoms with Crippen molar-refractivity contribution in [1.82, 2.24) is 9.97 Å². The second kappa shape index (κ2) is 6.97. The van der Waals surface area contributed by atoms with E-state index >= 15 is 0 Å². The van der Waals surface area contributed by atoms with E-state index in [2.05, 4.69) is 22.1 Å². The van der Waals surface area contributed by atoms with Gasteiger partial charge in [-0.15, -0.1) is 0 Å². The third-order valence-electron chi connectivity index (χ3n) is 2.35. The SMILES string of the molecule is c1ccc(-c2ccncc2)cc1.c1ccncc1. The van der Waals surface area contributed by atoms with Crippen LogP contribution in [0.2, 0.25) is 0 Å². The molecule has 0 aliphatic carbocycles. The molecular weight excluding hydrogens is 220 g/mol. The summed E-state index contributed by atoms with van der Waals surface area (Å²) in [5.41, 5.74) is 2.45. The zero-order valence-electron chi connectivity index (χ0n) is 9.98. The number of hydrogen-bond donors (Lipinski definition) is 0. The van der Waals surface area contributed by atoms with Gasteiger partial charge in [-0.05, 0) is 35.4 Å². The molecule has 0 saturated carbocycles. The molecular formula is C16H14N2. The van der Waals surface area contributed by atoms with E-state index in [1.165, 1.54) is 11.1 Å². The van der Waals surface area contributed by atoms with Crippen molar-refractivity contribution in [2.75, 3.05) is 0 Å². The maximum Gasteiger partial charge on any atom is 0.0273 e. The normalized spacial score (nSPS) is 9.11. The predicted octanol–water partition coefficient (Wildman–Crippen LogP) is 3.83. The summed E-state index contributed by atoms with van der Waals surface area (Å²) < 4.78 is 0. The molecule has 0 atom stereocenters. The van der Waals surface area contributed by atoms with E-state index < -0.39 is 0 Å². The van der Waals surface area contributed by atoms with Crippen molar-refractivity contribution in [3.63, 3.8) is 0 Å². The number of benzene rings is 1. The van der Waals surface area contributed by atoms with Crippen molar-refractivity contribution < 1.29 is 0 Å². The van der Waals surface area contributed by atoms with Crippen molar-refractivity contribution in [3.05, 3.63) is 85.5 Å². The maximum absolute atomic E-state index is 3.97. The highest BCUT2D eigenvalue weighted by atomic mass is 14.6. The van der Waals surface area contributed by atoms with Gasteiger partial charge in [-0.25, -0.2) is 0 Å². The first-order chi connectivity index (χ1) is 8.97. The van der Waals surface area contributed by atoms with Crippen LogP contribution >= 0.6 is 0 Å². The van der Waals surface area contributed by atoms with Crippen LogP contribution in [-0.2, 0) is 0 Å². The average molecular weight is 234 g/mol. The molecule has 0 aliphatic rings. The number of rotatable bonds is 1. The Morgan fingerprint density at radius 1 is 0.444 bits per heavy atom. The van der Waals surface area contributed by atoms with E-state index in [9.17, 15) is 0 Å². The van der Waals surface area contributed by atoms with Crippen LogP contribution < -0.4 is 0 Å². The van der Waals surface area contributed by atoms with E-state index in [0.29, 0.717) is 0 Å². The van der Waals surface area contributed by atoms with Gasteiger partial charge in [0.05, 0.1) is 0 Å². The van der Waals surface area contributed by atoms with E-state index in [1.54, 1.807) is 12.4 Å². The highest BCUT2D eigenvalue weighted by Gasteiger charge is 1.92. The molecule has 2 heteroatoms. The van der Waals surface area contributed by atoms with E-state index in [4.69, 9.17) is 0 Å². The van der Waals surface area contributed by atoms with Crippen LogP contribution in [0.4, 0.5) is 0 Å². The fraction of sp³-hybridized carbons (Fsp3) is 0. The van der Waals surface area contributed by atoms with E-state index in [1.807, 2.05) is 60.9 Å². The second-order valence-electron chi connectivity index (χ2n) is 3.63. The van der Waals surface area contributed by atoms with Gasteiger partial charge in [0.1, 0.15) is 0 Å². The second-order valence-corrected chi connectivity index (χ2v) is 3.63. The number of nitrogens with zero attached hydrogens (tertiary/aromatic N) is 2. The lowest BCUT2D eigenvalue weighted by Crippen LogP contribution is -1.76. The summed E-state index contributed by atoms with van der Waals surface area (Å²) in [5, 5.41) is 0. The maximum atomic E-state index is 3.97. The largest absolute Gasteiger partial charge is 0.265 e. The summed E-state index contributed by atoms with van der Waals surface area (Å²) in [5.74, 6) is 0. The molecule has 18 heavy (non-hydrogen) atoms. The lowest BCUT2D eigenvalue weighted by atomic mass is 10.1. The number of pyridine rings is 2. The molecule has 0 N–H and O–H groups in total. The Bertz CT molecular complexity index is 472. The average Bonchev–Trinajstić information content (AvgIpc) is 2.51. The summed E-state index contributed by atoms with van der Waals surface area (Å²) in [7, 11) is 0. The van der Waals surface area contributed by atoms with E-state index in [-0.39, 0.29) is 0 Å². The van der Waals surface area contributed by atoms with Gasteiger partial charge in [0, 0.05) is 24.8 Å². The highest BCUT2D eigenvalue weighted by Crippen LogP contribution is 2.16. The molecule has 2 aromatic heterocycles. The molecule has 88 valence electrons.